The van der Waals surface area contributed by atoms with Crippen molar-refractivity contribution in [2.24, 2.45) is 5.92 Å². The number of anilines is 3. The van der Waals surface area contributed by atoms with Gasteiger partial charge in [0.05, 0.1) is 23.0 Å². The molecular formula is C25H27FN8OS. The van der Waals surface area contributed by atoms with Crippen molar-refractivity contribution in [3.8, 4) is 10.6 Å². The normalized spacial score (nSPS) is 21.7. The zero-order valence-corrected chi connectivity index (χ0v) is 20.5. The van der Waals surface area contributed by atoms with Gasteiger partial charge in [0.1, 0.15) is 16.6 Å². The number of aliphatic hydroxyl groups is 1. The minimum Gasteiger partial charge on any atom is -0.395 e. The summed E-state index contributed by atoms with van der Waals surface area (Å²) >= 11 is 1.60. The van der Waals surface area contributed by atoms with Crippen LogP contribution in [0.5, 0.6) is 0 Å². The fourth-order valence-electron chi connectivity index (χ4n) is 5.41. The van der Waals surface area contributed by atoms with Crippen molar-refractivity contribution < 1.29 is 9.50 Å². The van der Waals surface area contributed by atoms with Gasteiger partial charge in [-0.15, -0.1) is 11.3 Å². The standard InChI is InChI=1S/C25H27FN8OS/c26-19-3-4-22(31-24(19)34-14-17-7-18(34)13-32(17)5-6-35)30-23-8-20-21(10-27-23)36-25(29-20)16-9-28-33(12-16)11-15-1-2-15/h3-4,8-10,12,15,17-18,35H,1-2,5-7,11,13-14H2,(H,27,30,31)/t17-,18-/m0/s1. The van der Waals surface area contributed by atoms with Crippen molar-refractivity contribution in [2.45, 2.75) is 37.9 Å². The topological polar surface area (TPSA) is 95.2 Å². The summed E-state index contributed by atoms with van der Waals surface area (Å²) in [5.74, 6) is 1.98. The lowest BCUT2D eigenvalue weighted by atomic mass is 10.2. The zero-order valence-electron chi connectivity index (χ0n) is 19.7. The summed E-state index contributed by atoms with van der Waals surface area (Å²) < 4.78 is 17.8. The number of hydrogen-bond donors (Lipinski definition) is 2. The van der Waals surface area contributed by atoms with Crippen LogP contribution in [0.1, 0.15) is 19.3 Å². The van der Waals surface area contributed by atoms with Gasteiger partial charge in [-0.2, -0.15) is 5.10 Å². The predicted molar refractivity (Wildman–Crippen MR) is 137 cm³/mol. The maximum Gasteiger partial charge on any atom is 0.167 e. The van der Waals surface area contributed by atoms with Crippen molar-refractivity contribution in [1.82, 2.24) is 29.6 Å². The number of fused-ring (bicyclic) bond motifs is 3. The molecule has 6 heterocycles. The quantitative estimate of drug-likeness (QED) is 0.375. The van der Waals surface area contributed by atoms with Gasteiger partial charge in [0, 0.05) is 62.3 Å². The molecule has 0 aromatic carbocycles. The number of nitrogens with zero attached hydrogens (tertiary/aromatic N) is 7. The second kappa shape index (κ2) is 8.75. The molecule has 11 heteroatoms. The van der Waals surface area contributed by atoms with Crippen LogP contribution in [0.3, 0.4) is 0 Å². The van der Waals surface area contributed by atoms with Gasteiger partial charge in [-0.3, -0.25) is 9.58 Å². The lowest BCUT2D eigenvalue weighted by Crippen LogP contribution is -2.47. The Bertz CT molecular complexity index is 1420. The minimum absolute atomic E-state index is 0.150. The summed E-state index contributed by atoms with van der Waals surface area (Å²) in [6.07, 6.45) is 9.33. The number of nitrogens with one attached hydrogen (secondary N) is 1. The molecule has 1 saturated carbocycles. The van der Waals surface area contributed by atoms with Crippen LogP contribution in [0.2, 0.25) is 0 Å². The third-order valence-corrected chi connectivity index (χ3v) is 8.45. The number of likely N-dealkylation sites (tertiary alicyclic amines) is 1. The molecule has 2 N–H and O–H groups in total. The van der Waals surface area contributed by atoms with E-state index in [0.29, 0.717) is 30.0 Å². The second-order valence-electron chi connectivity index (χ2n) is 9.99. The fraction of sp³-hybridized carbons (Fsp3) is 0.440. The lowest BCUT2D eigenvalue weighted by Gasteiger charge is -2.34. The van der Waals surface area contributed by atoms with Gasteiger partial charge in [-0.1, -0.05) is 0 Å². The summed E-state index contributed by atoms with van der Waals surface area (Å²) in [5.41, 5.74) is 1.87. The number of halogens is 1. The fourth-order valence-corrected chi connectivity index (χ4v) is 6.30. The number of piperazine rings is 1. The average Bonchev–Trinajstić information content (AvgIpc) is 3.25. The Hall–Kier alpha value is -3.15. The van der Waals surface area contributed by atoms with Gasteiger partial charge in [-0.25, -0.2) is 19.3 Å². The molecule has 4 aromatic rings. The van der Waals surface area contributed by atoms with Gasteiger partial charge in [-0.05, 0) is 37.3 Å². The van der Waals surface area contributed by atoms with Crippen molar-refractivity contribution >= 4 is 39.0 Å². The van der Waals surface area contributed by atoms with Gasteiger partial charge in [0.25, 0.3) is 0 Å². The van der Waals surface area contributed by atoms with Crippen LogP contribution in [0, 0.1) is 11.7 Å². The Morgan fingerprint density at radius 1 is 1.11 bits per heavy atom. The van der Waals surface area contributed by atoms with Gasteiger partial charge in [0.15, 0.2) is 11.6 Å². The largest absolute Gasteiger partial charge is 0.395 e. The van der Waals surface area contributed by atoms with Gasteiger partial charge in [0.2, 0.25) is 0 Å². The third kappa shape index (κ3) is 4.10. The summed E-state index contributed by atoms with van der Waals surface area (Å²) in [7, 11) is 0. The van der Waals surface area contributed by atoms with Crippen LogP contribution in [-0.4, -0.2) is 73.1 Å². The number of hydrogen-bond acceptors (Lipinski definition) is 9. The Morgan fingerprint density at radius 3 is 2.83 bits per heavy atom. The van der Waals surface area contributed by atoms with E-state index in [1.807, 2.05) is 23.1 Å². The van der Waals surface area contributed by atoms with E-state index in [1.54, 1.807) is 17.4 Å². The number of thiazole rings is 1. The molecule has 4 aromatic heterocycles. The Balaban J connectivity index is 1.09. The van der Waals surface area contributed by atoms with E-state index in [0.717, 1.165) is 52.8 Å². The maximum atomic E-state index is 14.8. The van der Waals surface area contributed by atoms with Crippen LogP contribution < -0.4 is 10.2 Å². The number of aromatic nitrogens is 5. The molecule has 2 aliphatic heterocycles. The summed E-state index contributed by atoms with van der Waals surface area (Å²) in [6.45, 7) is 3.35. The molecule has 7 rings (SSSR count). The molecule has 0 spiro atoms. The van der Waals surface area contributed by atoms with Crippen LogP contribution in [0.25, 0.3) is 20.8 Å². The molecule has 0 unspecified atom stereocenters. The summed E-state index contributed by atoms with van der Waals surface area (Å²) in [6, 6.07) is 5.55. The van der Waals surface area contributed by atoms with E-state index >= 15 is 0 Å². The van der Waals surface area contributed by atoms with Crippen molar-refractivity contribution in [3.05, 3.63) is 42.6 Å². The molecule has 1 aliphatic carbocycles. The molecule has 3 aliphatic rings. The van der Waals surface area contributed by atoms with E-state index in [-0.39, 0.29) is 18.5 Å². The van der Waals surface area contributed by atoms with E-state index < -0.39 is 0 Å². The van der Waals surface area contributed by atoms with Crippen LogP contribution in [0.4, 0.5) is 21.8 Å². The van der Waals surface area contributed by atoms with E-state index in [4.69, 9.17) is 4.98 Å². The molecule has 36 heavy (non-hydrogen) atoms. The first-order valence-corrected chi connectivity index (χ1v) is 13.3. The lowest BCUT2D eigenvalue weighted by molar-refractivity contribution is 0.176. The summed E-state index contributed by atoms with van der Waals surface area (Å²) in [4.78, 5) is 18.3. The number of β-amino-alcohol motifs (C(OH)–C–C–N with tert-alkyl or cyclic N) is 1. The molecule has 2 bridgehead atoms. The molecular weight excluding hydrogens is 479 g/mol. The molecule has 2 saturated heterocycles. The first-order chi connectivity index (χ1) is 17.6. The molecule has 0 radical (unpaired) electrons. The number of rotatable bonds is 8. The van der Waals surface area contributed by atoms with E-state index in [1.165, 1.54) is 18.9 Å². The van der Waals surface area contributed by atoms with E-state index in [9.17, 15) is 9.50 Å². The Morgan fingerprint density at radius 2 is 2.03 bits per heavy atom. The second-order valence-corrected chi connectivity index (χ2v) is 11.0. The van der Waals surface area contributed by atoms with Crippen molar-refractivity contribution in [1.29, 1.82) is 0 Å². The molecule has 9 nitrogen and oxygen atoms in total. The smallest absolute Gasteiger partial charge is 0.167 e. The third-order valence-electron chi connectivity index (χ3n) is 7.39. The Kier molecular flexibility index (Phi) is 5.37. The first kappa shape index (κ1) is 22.1. The highest BCUT2D eigenvalue weighted by molar-refractivity contribution is 7.21. The highest BCUT2D eigenvalue weighted by Crippen LogP contribution is 2.36. The molecule has 0 amide bonds. The SMILES string of the molecule is OCCN1C[C@@H]2C[C@H]1CN2c1nc(Nc2cc3nc(-c4cnn(CC5CC5)c4)sc3cn2)ccc1F. The van der Waals surface area contributed by atoms with Gasteiger partial charge >= 0.3 is 0 Å². The molecule has 186 valence electrons. The zero-order chi connectivity index (χ0) is 24.2. The van der Waals surface area contributed by atoms with Gasteiger partial charge < -0.3 is 15.3 Å². The van der Waals surface area contributed by atoms with Crippen LogP contribution in [0.15, 0.2) is 36.8 Å². The minimum atomic E-state index is -0.323. The predicted octanol–water partition coefficient (Wildman–Crippen LogP) is 3.50. The molecule has 2 atom stereocenters. The van der Waals surface area contributed by atoms with Crippen molar-refractivity contribution in [2.75, 3.05) is 36.5 Å². The first-order valence-electron chi connectivity index (χ1n) is 12.5. The highest BCUT2D eigenvalue weighted by atomic mass is 32.1. The van der Waals surface area contributed by atoms with Crippen LogP contribution in [-0.2, 0) is 6.54 Å². The number of pyridine rings is 2. The average molecular weight is 507 g/mol. The number of aliphatic hydroxyl groups excluding tert-OH is 1. The van der Waals surface area contributed by atoms with E-state index in [2.05, 4.69) is 36.4 Å². The summed E-state index contributed by atoms with van der Waals surface area (Å²) in [5, 5.41) is 17.9. The van der Waals surface area contributed by atoms with Crippen molar-refractivity contribution in [3.63, 3.8) is 0 Å². The van der Waals surface area contributed by atoms with Crippen LogP contribution >= 0.6 is 11.3 Å². The monoisotopic (exact) mass is 506 g/mol. The Labute approximate surface area is 211 Å². The highest BCUT2D eigenvalue weighted by Gasteiger charge is 2.44. The maximum absolute atomic E-state index is 14.8. The molecule has 3 fully saturated rings.